The van der Waals surface area contributed by atoms with Crippen LogP contribution in [0.2, 0.25) is 0 Å². The quantitative estimate of drug-likeness (QED) is 0.425. The van der Waals surface area contributed by atoms with Crippen LogP contribution in [0.1, 0.15) is 35.4 Å². The average Bonchev–Trinajstić information content (AvgIpc) is 2.53. The molecule has 0 aliphatic rings. The molecule has 1 rings (SSSR count). The molecule has 1 aromatic rings. The van der Waals surface area contributed by atoms with Gasteiger partial charge in [0.25, 0.3) is 5.69 Å². The predicted molar refractivity (Wildman–Crippen MR) is 76.7 cm³/mol. The van der Waals surface area contributed by atoms with E-state index >= 15 is 0 Å². The van der Waals surface area contributed by atoms with Gasteiger partial charge in [0.2, 0.25) is 0 Å². The van der Waals surface area contributed by atoms with E-state index in [0.717, 1.165) is 19.2 Å². The number of aliphatic hydroxyl groups is 2. The number of rotatable bonds is 7. The Bertz CT molecular complexity index is 600. The number of esters is 2. The second kappa shape index (κ2) is 8.20. The summed E-state index contributed by atoms with van der Waals surface area (Å²) in [6.45, 7) is 1.70. The summed E-state index contributed by atoms with van der Waals surface area (Å²) in [6.07, 6.45) is -3.81. The molecule has 9 nitrogen and oxygen atoms in total. The minimum atomic E-state index is -1.69. The lowest BCUT2D eigenvalue weighted by Crippen LogP contribution is -2.23. The summed E-state index contributed by atoms with van der Waals surface area (Å²) in [6, 6.07) is 3.31. The molecule has 0 aliphatic carbocycles. The molecule has 2 N–H and O–H groups in total. The van der Waals surface area contributed by atoms with E-state index in [1.54, 1.807) is 6.92 Å². The molecule has 1 aromatic carbocycles. The van der Waals surface area contributed by atoms with Gasteiger partial charge < -0.3 is 19.7 Å². The van der Waals surface area contributed by atoms with E-state index in [-0.39, 0.29) is 17.7 Å². The Morgan fingerprint density at radius 2 is 2.00 bits per heavy atom. The van der Waals surface area contributed by atoms with Crippen LogP contribution in [0.15, 0.2) is 18.2 Å². The van der Waals surface area contributed by atoms with Crippen molar-refractivity contribution in [2.75, 3.05) is 13.7 Å². The molecule has 0 heterocycles. The zero-order valence-electron chi connectivity index (χ0n) is 12.6. The second-order valence-electron chi connectivity index (χ2n) is 4.54. The third-order valence-electron chi connectivity index (χ3n) is 3.02. The lowest BCUT2D eigenvalue weighted by atomic mass is 9.98. The van der Waals surface area contributed by atoms with E-state index < -0.39 is 41.2 Å². The maximum atomic E-state index is 11.6. The molecule has 0 aromatic heterocycles. The molecule has 126 valence electrons. The Morgan fingerprint density at radius 1 is 1.35 bits per heavy atom. The van der Waals surface area contributed by atoms with E-state index in [2.05, 4.69) is 4.74 Å². The summed E-state index contributed by atoms with van der Waals surface area (Å²) in [4.78, 5) is 33.0. The lowest BCUT2D eigenvalue weighted by Gasteiger charge is -2.17. The monoisotopic (exact) mass is 327 g/mol. The maximum absolute atomic E-state index is 11.6. The first-order valence-electron chi connectivity index (χ1n) is 6.70. The predicted octanol–water partition coefficient (Wildman–Crippen LogP) is 0.729. The van der Waals surface area contributed by atoms with E-state index in [9.17, 15) is 29.9 Å². The first-order valence-corrected chi connectivity index (χ1v) is 6.70. The van der Waals surface area contributed by atoms with Gasteiger partial charge in [0.05, 0.1) is 42.3 Å². The van der Waals surface area contributed by atoms with Gasteiger partial charge in [-0.2, -0.15) is 0 Å². The maximum Gasteiger partial charge on any atom is 0.338 e. The van der Waals surface area contributed by atoms with Crippen molar-refractivity contribution in [2.24, 2.45) is 0 Å². The Labute approximate surface area is 131 Å². The van der Waals surface area contributed by atoms with Crippen LogP contribution in [0, 0.1) is 10.1 Å². The Kier molecular flexibility index (Phi) is 6.61. The van der Waals surface area contributed by atoms with Gasteiger partial charge in [0, 0.05) is 6.07 Å². The molecule has 0 aliphatic heterocycles. The number of carbonyl (C=O) groups is 2. The topological polar surface area (TPSA) is 136 Å². The molecule has 2 atom stereocenters. The van der Waals surface area contributed by atoms with Crippen molar-refractivity contribution >= 4 is 17.6 Å². The third-order valence-corrected chi connectivity index (χ3v) is 3.02. The van der Waals surface area contributed by atoms with Crippen molar-refractivity contribution in [3.63, 3.8) is 0 Å². The summed E-state index contributed by atoms with van der Waals surface area (Å²) >= 11 is 0. The molecule has 0 spiro atoms. The largest absolute Gasteiger partial charge is 0.469 e. The van der Waals surface area contributed by atoms with E-state index in [4.69, 9.17) is 4.74 Å². The van der Waals surface area contributed by atoms with Crippen LogP contribution in [0.4, 0.5) is 5.69 Å². The van der Waals surface area contributed by atoms with E-state index in [1.807, 2.05) is 0 Å². The molecule has 23 heavy (non-hydrogen) atoms. The molecule has 0 radical (unpaired) electrons. The Hall–Kier alpha value is -2.52. The molecule has 2 unspecified atom stereocenters. The first kappa shape index (κ1) is 18.5. The van der Waals surface area contributed by atoms with Crippen molar-refractivity contribution in [1.82, 2.24) is 0 Å². The summed E-state index contributed by atoms with van der Waals surface area (Å²) < 4.78 is 9.10. The van der Waals surface area contributed by atoms with Crippen LogP contribution in [-0.2, 0) is 14.3 Å². The Morgan fingerprint density at radius 3 is 2.52 bits per heavy atom. The van der Waals surface area contributed by atoms with Crippen LogP contribution in [0.5, 0.6) is 0 Å². The highest BCUT2D eigenvalue weighted by atomic mass is 16.6. The summed E-state index contributed by atoms with van der Waals surface area (Å²) in [5.74, 6) is -1.52. The fourth-order valence-electron chi connectivity index (χ4n) is 1.87. The molecular formula is C14H17NO8. The first-order chi connectivity index (χ1) is 10.8. The number of hydrogen-bond donors (Lipinski definition) is 2. The van der Waals surface area contributed by atoms with Gasteiger partial charge in [0.15, 0.2) is 0 Å². The molecule has 0 fully saturated rings. The van der Waals surface area contributed by atoms with Gasteiger partial charge >= 0.3 is 11.9 Å². The average molecular weight is 327 g/mol. The third kappa shape index (κ3) is 4.73. The van der Waals surface area contributed by atoms with Gasteiger partial charge in [-0.15, -0.1) is 0 Å². The number of nitro groups is 1. The fraction of sp³-hybridized carbons (Fsp3) is 0.429. The smallest absolute Gasteiger partial charge is 0.338 e. The number of carbonyl (C=O) groups excluding carboxylic acids is 2. The molecule has 0 bridgehead atoms. The number of hydrogen-bond acceptors (Lipinski definition) is 8. The van der Waals surface area contributed by atoms with Crippen molar-refractivity contribution in [1.29, 1.82) is 0 Å². The number of nitrogens with zero attached hydrogens (tertiary/aromatic N) is 1. The van der Waals surface area contributed by atoms with Gasteiger partial charge in [-0.3, -0.25) is 14.9 Å². The van der Waals surface area contributed by atoms with Crippen LogP contribution in [-0.4, -0.2) is 46.9 Å². The number of methoxy groups -OCH3 is 1. The van der Waals surface area contributed by atoms with Crippen molar-refractivity contribution < 1.29 is 34.2 Å². The van der Waals surface area contributed by atoms with Crippen LogP contribution < -0.4 is 0 Å². The zero-order chi connectivity index (χ0) is 17.6. The highest BCUT2D eigenvalue weighted by Gasteiger charge is 2.29. The minimum absolute atomic E-state index is 0.0584. The minimum Gasteiger partial charge on any atom is -0.469 e. The van der Waals surface area contributed by atoms with Crippen LogP contribution in [0.25, 0.3) is 0 Å². The van der Waals surface area contributed by atoms with E-state index in [0.29, 0.717) is 0 Å². The van der Waals surface area contributed by atoms with E-state index in [1.165, 1.54) is 6.07 Å². The molecule has 0 saturated heterocycles. The second-order valence-corrected chi connectivity index (χ2v) is 4.54. The SMILES string of the molecule is CCOC(=O)c1ccc(C(O)C(O)CC(=O)OC)c([N+](=O)[O-])c1. The van der Waals surface area contributed by atoms with Crippen molar-refractivity contribution in [3.8, 4) is 0 Å². The van der Waals surface area contributed by atoms with Crippen molar-refractivity contribution in [2.45, 2.75) is 25.6 Å². The fourth-order valence-corrected chi connectivity index (χ4v) is 1.87. The molecule has 9 heteroatoms. The summed E-state index contributed by atoms with van der Waals surface area (Å²) in [7, 11) is 1.11. The van der Waals surface area contributed by atoms with Gasteiger partial charge in [-0.25, -0.2) is 4.79 Å². The lowest BCUT2D eigenvalue weighted by molar-refractivity contribution is -0.386. The normalized spacial score (nSPS) is 13.0. The molecular weight excluding hydrogens is 310 g/mol. The molecule has 0 saturated carbocycles. The molecule has 0 amide bonds. The van der Waals surface area contributed by atoms with Crippen LogP contribution in [0.3, 0.4) is 0 Å². The highest BCUT2D eigenvalue weighted by molar-refractivity contribution is 5.90. The van der Waals surface area contributed by atoms with Crippen molar-refractivity contribution in [3.05, 3.63) is 39.4 Å². The standard InChI is InChI=1S/C14H17NO8/c1-3-23-14(19)8-4-5-9(10(6-8)15(20)21)13(18)11(16)7-12(17)22-2/h4-6,11,13,16,18H,3,7H2,1-2H3. The van der Waals surface area contributed by atoms with Gasteiger partial charge in [0.1, 0.15) is 6.10 Å². The van der Waals surface area contributed by atoms with Crippen LogP contribution >= 0.6 is 0 Å². The zero-order valence-corrected chi connectivity index (χ0v) is 12.6. The Balaban J connectivity index is 3.13. The van der Waals surface area contributed by atoms with Gasteiger partial charge in [-0.1, -0.05) is 0 Å². The number of nitro benzene ring substituents is 1. The highest BCUT2D eigenvalue weighted by Crippen LogP contribution is 2.29. The van der Waals surface area contributed by atoms with Gasteiger partial charge in [-0.05, 0) is 19.1 Å². The number of ether oxygens (including phenoxy) is 2. The number of benzene rings is 1. The summed E-state index contributed by atoms with van der Waals surface area (Å²) in [5.41, 5.74) is -0.844. The number of aliphatic hydroxyl groups excluding tert-OH is 2. The summed E-state index contributed by atoms with van der Waals surface area (Å²) in [5, 5.41) is 30.9.